The number of Topliss-reactive ketones (excluding diaryl/α,β-unsaturated/α-hetero) is 1. The van der Waals surface area contributed by atoms with E-state index >= 15 is 0 Å². The van der Waals surface area contributed by atoms with Gasteiger partial charge in [0.25, 0.3) is 0 Å². The summed E-state index contributed by atoms with van der Waals surface area (Å²) in [5, 5.41) is 3.30. The quantitative estimate of drug-likeness (QED) is 0.749. The Morgan fingerprint density at radius 3 is 2.68 bits per heavy atom. The zero-order valence-electron chi connectivity index (χ0n) is 12.7. The highest BCUT2D eigenvalue weighted by molar-refractivity contribution is 5.96. The van der Waals surface area contributed by atoms with Gasteiger partial charge < -0.3 is 5.32 Å². The topological polar surface area (TPSA) is 72.2 Å². The van der Waals surface area contributed by atoms with Crippen molar-refractivity contribution in [2.24, 2.45) is 0 Å². The fourth-order valence-corrected chi connectivity index (χ4v) is 2.35. The van der Waals surface area contributed by atoms with Crippen molar-refractivity contribution in [2.45, 2.75) is 26.8 Å². The first-order valence-corrected chi connectivity index (χ1v) is 7.14. The first kappa shape index (κ1) is 14.2. The highest BCUT2D eigenvalue weighted by Crippen LogP contribution is 2.28. The number of nitrogens with one attached hydrogen (secondary N) is 1. The molecule has 0 spiro atoms. The van der Waals surface area contributed by atoms with Gasteiger partial charge in [0.2, 0.25) is 0 Å². The van der Waals surface area contributed by atoms with Crippen molar-refractivity contribution in [3.63, 3.8) is 0 Å². The van der Waals surface area contributed by atoms with Gasteiger partial charge in [-0.25, -0.2) is 9.97 Å². The molecule has 3 aromatic heterocycles. The minimum absolute atomic E-state index is 0.0983. The number of fused-ring (bicyclic) bond motifs is 1. The molecule has 3 heterocycles. The molecule has 22 heavy (non-hydrogen) atoms. The molecule has 0 atom stereocenters. The Kier molecular flexibility index (Phi) is 3.58. The van der Waals surface area contributed by atoms with Gasteiger partial charge in [-0.1, -0.05) is 6.07 Å². The summed E-state index contributed by atoms with van der Waals surface area (Å²) in [5.74, 6) is 0.974. The molecular weight excluding hydrogens is 278 g/mol. The number of imidazole rings is 1. The van der Waals surface area contributed by atoms with E-state index in [4.69, 9.17) is 0 Å². The predicted octanol–water partition coefficient (Wildman–Crippen LogP) is 2.81. The predicted molar refractivity (Wildman–Crippen MR) is 85.0 cm³/mol. The third-order valence-corrected chi connectivity index (χ3v) is 3.20. The van der Waals surface area contributed by atoms with Gasteiger partial charge in [-0.05, 0) is 26.0 Å². The molecule has 6 nitrogen and oxygen atoms in total. The van der Waals surface area contributed by atoms with Gasteiger partial charge in [-0.3, -0.25) is 14.2 Å². The third-order valence-electron chi connectivity index (χ3n) is 3.20. The molecule has 0 aliphatic carbocycles. The van der Waals surface area contributed by atoms with Crippen LogP contribution >= 0.6 is 0 Å². The summed E-state index contributed by atoms with van der Waals surface area (Å²) < 4.78 is 1.77. The number of anilines is 1. The Hall–Kier alpha value is -2.76. The molecular formula is C16H17N5O. The van der Waals surface area contributed by atoms with Crippen molar-refractivity contribution < 1.29 is 4.79 Å². The summed E-state index contributed by atoms with van der Waals surface area (Å²) in [6.45, 7) is 5.58. The molecule has 0 radical (unpaired) electrons. The molecule has 0 amide bonds. The van der Waals surface area contributed by atoms with Gasteiger partial charge >= 0.3 is 0 Å². The van der Waals surface area contributed by atoms with Crippen LogP contribution in [0, 0.1) is 0 Å². The lowest BCUT2D eigenvalue weighted by atomic mass is 10.2. The van der Waals surface area contributed by atoms with Crippen LogP contribution in [-0.2, 0) is 0 Å². The Morgan fingerprint density at radius 1 is 1.23 bits per heavy atom. The zero-order valence-corrected chi connectivity index (χ0v) is 12.7. The lowest BCUT2D eigenvalue weighted by molar-refractivity contribution is 0.100. The van der Waals surface area contributed by atoms with Gasteiger partial charge in [-0.2, -0.15) is 0 Å². The monoisotopic (exact) mass is 295 g/mol. The lowest BCUT2D eigenvalue weighted by Gasteiger charge is -2.11. The molecule has 0 bridgehead atoms. The molecule has 0 saturated heterocycles. The smallest absolute Gasteiger partial charge is 0.195 e. The van der Waals surface area contributed by atoms with Crippen LogP contribution in [0.3, 0.4) is 0 Å². The summed E-state index contributed by atoms with van der Waals surface area (Å²) in [5.41, 5.74) is 2.13. The summed E-state index contributed by atoms with van der Waals surface area (Å²) in [4.78, 5) is 25.1. The van der Waals surface area contributed by atoms with E-state index in [1.54, 1.807) is 23.0 Å². The van der Waals surface area contributed by atoms with E-state index in [0.29, 0.717) is 23.0 Å². The second-order valence-electron chi connectivity index (χ2n) is 5.35. The van der Waals surface area contributed by atoms with E-state index in [0.717, 1.165) is 5.52 Å². The summed E-state index contributed by atoms with van der Waals surface area (Å²) in [6, 6.07) is 5.83. The molecule has 1 N–H and O–H groups in total. The van der Waals surface area contributed by atoms with E-state index in [-0.39, 0.29) is 11.8 Å². The second kappa shape index (κ2) is 5.55. The average Bonchev–Trinajstić information content (AvgIpc) is 2.88. The van der Waals surface area contributed by atoms with Crippen LogP contribution in [0.15, 0.2) is 36.8 Å². The Bertz CT molecular complexity index is 823. The van der Waals surface area contributed by atoms with Crippen molar-refractivity contribution in [1.82, 2.24) is 19.4 Å². The van der Waals surface area contributed by atoms with Gasteiger partial charge in [0.05, 0.1) is 5.69 Å². The fourth-order valence-electron chi connectivity index (χ4n) is 2.35. The zero-order chi connectivity index (χ0) is 15.7. The Labute approximate surface area is 128 Å². The number of ketones is 1. The largest absolute Gasteiger partial charge is 0.366 e. The maximum atomic E-state index is 11.9. The van der Waals surface area contributed by atoms with E-state index < -0.39 is 0 Å². The van der Waals surface area contributed by atoms with Crippen molar-refractivity contribution in [3.8, 4) is 11.4 Å². The minimum Gasteiger partial charge on any atom is -0.366 e. The summed E-state index contributed by atoms with van der Waals surface area (Å²) >= 11 is 0. The molecule has 0 saturated carbocycles. The maximum absolute atomic E-state index is 11.9. The highest BCUT2D eigenvalue weighted by atomic mass is 16.1. The SMILES string of the molecule is CC(=O)c1nc(-c2ccccn2)c2c(NC(C)C)nccn12. The number of hydrogen-bond acceptors (Lipinski definition) is 5. The van der Waals surface area contributed by atoms with Crippen LogP contribution < -0.4 is 5.32 Å². The van der Waals surface area contributed by atoms with Gasteiger partial charge in [0, 0.05) is 31.6 Å². The highest BCUT2D eigenvalue weighted by Gasteiger charge is 2.20. The van der Waals surface area contributed by atoms with Crippen molar-refractivity contribution in [1.29, 1.82) is 0 Å². The van der Waals surface area contributed by atoms with Gasteiger partial charge in [0.1, 0.15) is 11.2 Å². The fraction of sp³-hybridized carbons (Fsp3) is 0.250. The molecule has 0 unspecified atom stereocenters. The van der Waals surface area contributed by atoms with Crippen LogP contribution in [0.2, 0.25) is 0 Å². The molecule has 0 aromatic carbocycles. The Balaban J connectivity index is 2.33. The van der Waals surface area contributed by atoms with E-state index in [9.17, 15) is 4.79 Å². The van der Waals surface area contributed by atoms with Crippen molar-refractivity contribution in [3.05, 3.63) is 42.6 Å². The number of rotatable bonds is 4. The number of hydrogen-bond donors (Lipinski definition) is 1. The normalized spacial score (nSPS) is 11.1. The van der Waals surface area contributed by atoms with Crippen LogP contribution in [0.25, 0.3) is 16.9 Å². The van der Waals surface area contributed by atoms with E-state index in [2.05, 4.69) is 20.3 Å². The third kappa shape index (κ3) is 2.43. The molecule has 6 heteroatoms. The van der Waals surface area contributed by atoms with Crippen molar-refractivity contribution >= 4 is 17.1 Å². The molecule has 0 aliphatic rings. The minimum atomic E-state index is -0.0983. The molecule has 3 rings (SSSR count). The molecule has 0 fully saturated rings. The number of aromatic nitrogens is 4. The van der Waals surface area contributed by atoms with E-state index in [1.807, 2.05) is 32.0 Å². The first-order chi connectivity index (χ1) is 10.6. The van der Waals surface area contributed by atoms with Crippen LogP contribution in [0.5, 0.6) is 0 Å². The van der Waals surface area contributed by atoms with E-state index in [1.165, 1.54) is 6.92 Å². The molecule has 0 aliphatic heterocycles. The number of carbonyl (C=O) groups is 1. The number of nitrogens with zero attached hydrogens (tertiary/aromatic N) is 4. The summed E-state index contributed by atoms with van der Waals surface area (Å²) in [6.07, 6.45) is 5.12. The first-order valence-electron chi connectivity index (χ1n) is 7.14. The lowest BCUT2D eigenvalue weighted by Crippen LogP contribution is -2.12. The summed E-state index contributed by atoms with van der Waals surface area (Å²) in [7, 11) is 0. The van der Waals surface area contributed by atoms with Crippen LogP contribution in [0.1, 0.15) is 31.4 Å². The van der Waals surface area contributed by atoms with Gasteiger partial charge in [0.15, 0.2) is 17.4 Å². The molecule has 112 valence electrons. The van der Waals surface area contributed by atoms with Crippen LogP contribution in [0.4, 0.5) is 5.82 Å². The van der Waals surface area contributed by atoms with Crippen LogP contribution in [-0.4, -0.2) is 31.2 Å². The standard InChI is InChI=1S/C16H17N5O/c1-10(2)19-15-14-13(12-6-4-5-7-17-12)20-16(11(3)22)21(14)9-8-18-15/h4-10H,1-3H3,(H,18,19). The van der Waals surface area contributed by atoms with Gasteiger partial charge in [-0.15, -0.1) is 0 Å². The maximum Gasteiger partial charge on any atom is 0.195 e. The number of carbonyl (C=O) groups excluding carboxylic acids is 1. The second-order valence-corrected chi connectivity index (χ2v) is 5.35. The Morgan fingerprint density at radius 2 is 2.05 bits per heavy atom. The average molecular weight is 295 g/mol. The number of pyridine rings is 1. The molecule has 3 aromatic rings. The van der Waals surface area contributed by atoms with Crippen molar-refractivity contribution in [2.75, 3.05) is 5.32 Å².